The van der Waals surface area contributed by atoms with E-state index in [1.807, 2.05) is 11.8 Å². The predicted octanol–water partition coefficient (Wildman–Crippen LogP) is 2.03. The van der Waals surface area contributed by atoms with E-state index in [1.54, 1.807) is 7.11 Å². The van der Waals surface area contributed by atoms with Crippen molar-refractivity contribution in [1.29, 1.82) is 0 Å². The van der Waals surface area contributed by atoms with E-state index in [-0.39, 0.29) is 0 Å². The van der Waals surface area contributed by atoms with Crippen molar-refractivity contribution in [3.05, 3.63) is 0 Å². The van der Waals surface area contributed by atoms with E-state index >= 15 is 0 Å². The highest BCUT2D eigenvalue weighted by Crippen LogP contribution is 2.05. The molecule has 0 N–H and O–H groups in total. The van der Waals surface area contributed by atoms with Gasteiger partial charge in [0.1, 0.15) is 6.61 Å². The van der Waals surface area contributed by atoms with Gasteiger partial charge in [0, 0.05) is 7.11 Å². The summed E-state index contributed by atoms with van der Waals surface area (Å²) in [5.74, 6) is 8.84. The molecular weight excluding hydrogens is 156 g/mol. The van der Waals surface area contributed by atoms with Gasteiger partial charge in [-0.1, -0.05) is 25.7 Å². The zero-order chi connectivity index (χ0) is 8.53. The lowest BCUT2D eigenvalue weighted by molar-refractivity contribution is 0.240. The summed E-state index contributed by atoms with van der Waals surface area (Å²) in [4.78, 5) is 0. The predicted molar refractivity (Wildman–Crippen MR) is 51.8 cm³/mol. The summed E-state index contributed by atoms with van der Waals surface area (Å²) >= 11 is 1.88. The summed E-state index contributed by atoms with van der Waals surface area (Å²) in [6, 6.07) is 0. The first-order chi connectivity index (χ1) is 5.27. The molecule has 0 aliphatic carbocycles. The molecule has 11 heavy (non-hydrogen) atoms. The number of thioether (sulfide) groups is 1. The van der Waals surface area contributed by atoms with Crippen molar-refractivity contribution in [3.63, 3.8) is 0 Å². The Bertz CT molecular complexity index is 132. The zero-order valence-electron chi connectivity index (χ0n) is 7.52. The summed E-state index contributed by atoms with van der Waals surface area (Å²) in [5.41, 5.74) is 0. The summed E-state index contributed by atoms with van der Waals surface area (Å²) < 4.78 is 4.79. The molecule has 0 radical (unpaired) electrons. The van der Waals surface area contributed by atoms with Crippen molar-refractivity contribution in [3.8, 4) is 11.8 Å². The van der Waals surface area contributed by atoms with Gasteiger partial charge in [0.15, 0.2) is 0 Å². The highest BCUT2D eigenvalue weighted by atomic mass is 32.2. The Balaban J connectivity index is 3.09. The van der Waals surface area contributed by atoms with E-state index in [2.05, 4.69) is 25.7 Å². The minimum Gasteiger partial charge on any atom is -0.372 e. The zero-order valence-corrected chi connectivity index (χ0v) is 8.33. The number of hydrogen-bond acceptors (Lipinski definition) is 2. The van der Waals surface area contributed by atoms with Crippen molar-refractivity contribution in [2.75, 3.05) is 25.2 Å². The van der Waals surface area contributed by atoms with Gasteiger partial charge in [-0.3, -0.25) is 0 Å². The molecule has 0 atom stereocenters. The fourth-order valence-corrected chi connectivity index (χ4v) is 1.31. The van der Waals surface area contributed by atoms with Crippen molar-refractivity contribution < 1.29 is 4.74 Å². The van der Waals surface area contributed by atoms with Gasteiger partial charge in [-0.05, 0) is 11.7 Å². The van der Waals surface area contributed by atoms with E-state index in [1.165, 1.54) is 5.75 Å². The SMILES string of the molecule is COCC#CCSCC(C)C. The standard InChI is InChI=1S/C9H16OS/c1-9(2)8-11-7-5-4-6-10-3/h9H,6-8H2,1-3H3. The maximum atomic E-state index is 4.79. The maximum absolute atomic E-state index is 4.79. The van der Waals surface area contributed by atoms with Gasteiger partial charge in [0.05, 0.1) is 5.75 Å². The van der Waals surface area contributed by atoms with Crippen LogP contribution in [0.2, 0.25) is 0 Å². The number of methoxy groups -OCH3 is 1. The van der Waals surface area contributed by atoms with Crippen molar-refractivity contribution in [2.45, 2.75) is 13.8 Å². The van der Waals surface area contributed by atoms with Gasteiger partial charge in [-0.25, -0.2) is 0 Å². The second-order valence-corrected chi connectivity index (χ2v) is 3.73. The lowest BCUT2D eigenvalue weighted by atomic mass is 10.3. The van der Waals surface area contributed by atoms with Crippen LogP contribution in [-0.4, -0.2) is 25.2 Å². The van der Waals surface area contributed by atoms with E-state index in [0.717, 1.165) is 11.7 Å². The maximum Gasteiger partial charge on any atom is 0.107 e. The molecule has 1 nitrogen and oxygen atoms in total. The lowest BCUT2D eigenvalue weighted by Gasteiger charge is -1.99. The Morgan fingerprint density at radius 3 is 2.64 bits per heavy atom. The van der Waals surface area contributed by atoms with Gasteiger partial charge in [-0.2, -0.15) is 0 Å². The second kappa shape index (κ2) is 7.97. The Morgan fingerprint density at radius 2 is 2.09 bits per heavy atom. The van der Waals surface area contributed by atoms with Crippen LogP contribution in [0, 0.1) is 17.8 Å². The van der Waals surface area contributed by atoms with Crippen LogP contribution in [0.1, 0.15) is 13.8 Å². The van der Waals surface area contributed by atoms with Gasteiger partial charge in [0.2, 0.25) is 0 Å². The minimum atomic E-state index is 0.558. The van der Waals surface area contributed by atoms with Gasteiger partial charge < -0.3 is 4.74 Å². The van der Waals surface area contributed by atoms with Crippen molar-refractivity contribution in [1.82, 2.24) is 0 Å². The third kappa shape index (κ3) is 9.87. The third-order valence-electron chi connectivity index (χ3n) is 0.967. The molecule has 2 heteroatoms. The van der Waals surface area contributed by atoms with Crippen LogP contribution < -0.4 is 0 Å². The van der Waals surface area contributed by atoms with E-state index in [9.17, 15) is 0 Å². The molecule has 0 bridgehead atoms. The topological polar surface area (TPSA) is 9.23 Å². The monoisotopic (exact) mass is 172 g/mol. The number of rotatable bonds is 4. The highest BCUT2D eigenvalue weighted by molar-refractivity contribution is 7.99. The van der Waals surface area contributed by atoms with E-state index in [4.69, 9.17) is 4.74 Å². The van der Waals surface area contributed by atoms with Crippen LogP contribution in [0.5, 0.6) is 0 Å². The highest BCUT2D eigenvalue weighted by Gasteiger charge is 1.90. The van der Waals surface area contributed by atoms with Crippen LogP contribution >= 0.6 is 11.8 Å². The first-order valence-electron chi connectivity index (χ1n) is 3.79. The lowest BCUT2D eigenvalue weighted by Crippen LogP contribution is -1.91. The summed E-state index contributed by atoms with van der Waals surface area (Å²) in [5, 5.41) is 0. The molecule has 0 saturated heterocycles. The number of ether oxygens (including phenoxy) is 1. The Labute approximate surface area is 73.9 Å². The van der Waals surface area contributed by atoms with Crippen LogP contribution in [0.3, 0.4) is 0 Å². The largest absolute Gasteiger partial charge is 0.372 e. The fraction of sp³-hybridized carbons (Fsp3) is 0.778. The first kappa shape index (κ1) is 10.9. The molecular formula is C9H16OS. The van der Waals surface area contributed by atoms with Gasteiger partial charge >= 0.3 is 0 Å². The molecule has 0 saturated carbocycles. The molecule has 0 amide bonds. The van der Waals surface area contributed by atoms with Crippen molar-refractivity contribution in [2.24, 2.45) is 5.92 Å². The Hall–Kier alpha value is -0.130. The summed E-state index contributed by atoms with van der Waals surface area (Å²) in [6.45, 7) is 4.99. The van der Waals surface area contributed by atoms with Crippen LogP contribution in [0.15, 0.2) is 0 Å². The molecule has 0 aromatic rings. The molecule has 0 aromatic carbocycles. The molecule has 0 fully saturated rings. The first-order valence-corrected chi connectivity index (χ1v) is 4.95. The summed E-state index contributed by atoms with van der Waals surface area (Å²) in [6.07, 6.45) is 0. The molecule has 0 rings (SSSR count). The molecule has 0 unspecified atom stereocenters. The molecule has 0 aliphatic heterocycles. The molecule has 64 valence electrons. The van der Waals surface area contributed by atoms with Gasteiger partial charge in [0.25, 0.3) is 0 Å². The molecule has 0 aromatic heterocycles. The number of hydrogen-bond donors (Lipinski definition) is 0. The quantitative estimate of drug-likeness (QED) is 0.474. The average molecular weight is 172 g/mol. The molecule has 0 spiro atoms. The molecule has 0 heterocycles. The molecule has 0 aliphatic rings. The van der Waals surface area contributed by atoms with E-state index < -0.39 is 0 Å². The Morgan fingerprint density at radius 1 is 1.36 bits per heavy atom. The van der Waals surface area contributed by atoms with E-state index in [0.29, 0.717) is 6.61 Å². The summed E-state index contributed by atoms with van der Waals surface area (Å²) in [7, 11) is 1.66. The normalized spacial score (nSPS) is 9.45. The fourth-order valence-electron chi connectivity index (χ4n) is 0.520. The minimum absolute atomic E-state index is 0.558. The third-order valence-corrected chi connectivity index (χ3v) is 2.22. The Kier molecular flexibility index (Phi) is 7.88. The van der Waals surface area contributed by atoms with Crippen LogP contribution in [0.25, 0.3) is 0 Å². The van der Waals surface area contributed by atoms with Crippen LogP contribution in [-0.2, 0) is 4.74 Å². The average Bonchev–Trinajstić information content (AvgIpc) is 1.96. The second-order valence-electron chi connectivity index (χ2n) is 2.70. The van der Waals surface area contributed by atoms with Crippen molar-refractivity contribution >= 4 is 11.8 Å². The van der Waals surface area contributed by atoms with Gasteiger partial charge in [-0.15, -0.1) is 11.8 Å². The van der Waals surface area contributed by atoms with Crippen LogP contribution in [0.4, 0.5) is 0 Å². The smallest absolute Gasteiger partial charge is 0.107 e.